The highest BCUT2D eigenvalue weighted by molar-refractivity contribution is 6.54. The summed E-state index contributed by atoms with van der Waals surface area (Å²) in [7, 11) is 2.26. The molecule has 2 aromatic carbocycles. The predicted octanol–water partition coefficient (Wildman–Crippen LogP) is 3.76. The third-order valence-corrected chi connectivity index (χ3v) is 4.03. The summed E-state index contributed by atoms with van der Waals surface area (Å²) in [5.41, 5.74) is 3.58. The van der Waals surface area contributed by atoms with Gasteiger partial charge in [0.15, 0.2) is 0 Å². The van der Waals surface area contributed by atoms with Gasteiger partial charge >= 0.3 is 0 Å². The van der Waals surface area contributed by atoms with Crippen LogP contribution in [-0.2, 0) is 5.54 Å². The van der Waals surface area contributed by atoms with Crippen LogP contribution in [-0.4, -0.2) is 16.8 Å². The Kier molecular flexibility index (Phi) is 4.38. The van der Waals surface area contributed by atoms with Crippen molar-refractivity contribution in [2.45, 2.75) is 32.1 Å². The Morgan fingerprint density at radius 3 is 1.87 bits per heavy atom. The first-order chi connectivity index (χ1) is 11.1. The van der Waals surface area contributed by atoms with Gasteiger partial charge in [-0.3, -0.25) is 4.98 Å². The second-order valence-corrected chi connectivity index (χ2v) is 6.79. The maximum absolute atomic E-state index is 4.58. The molecule has 0 unspecified atom stereocenters. The topological polar surface area (TPSA) is 17.8 Å². The number of rotatable bonds is 4. The second-order valence-electron chi connectivity index (χ2n) is 6.79. The van der Waals surface area contributed by atoms with Crippen LogP contribution in [0.5, 0.6) is 0 Å². The molecule has 0 aliphatic carbocycles. The van der Waals surface area contributed by atoms with E-state index in [2.05, 4.69) is 104 Å². The summed E-state index contributed by atoms with van der Waals surface area (Å²) >= 11 is 0. The maximum atomic E-state index is 4.58. The Balaban J connectivity index is 2.00. The lowest BCUT2D eigenvalue weighted by atomic mass is 9.58. The van der Waals surface area contributed by atoms with Crippen LogP contribution in [0.1, 0.15) is 37.7 Å². The molecule has 0 N–H and O–H groups in total. The van der Waals surface area contributed by atoms with Crippen LogP contribution in [0.25, 0.3) is 0 Å². The molecule has 2 nitrogen and oxygen atoms in total. The minimum Gasteiger partial charge on any atom is -0.338 e. The largest absolute Gasteiger partial charge is 0.338 e. The lowest BCUT2D eigenvalue weighted by Gasteiger charge is -2.25. The quantitative estimate of drug-likeness (QED) is 0.671. The summed E-state index contributed by atoms with van der Waals surface area (Å²) in [6.45, 7) is 6.60. The first kappa shape index (κ1) is 15.6. The van der Waals surface area contributed by atoms with Crippen molar-refractivity contribution in [2.75, 3.05) is 0 Å². The van der Waals surface area contributed by atoms with E-state index >= 15 is 0 Å². The van der Waals surface area contributed by atoms with Crippen molar-refractivity contribution in [3.05, 3.63) is 84.2 Å². The smallest absolute Gasteiger partial charge is 0.215 e. The minimum atomic E-state index is 0.0141. The van der Waals surface area contributed by atoms with Crippen molar-refractivity contribution in [3.8, 4) is 0 Å². The average Bonchev–Trinajstić information content (AvgIpc) is 3.03. The number of aromatic nitrogens is 2. The molecule has 115 valence electrons. The van der Waals surface area contributed by atoms with E-state index in [0.717, 1.165) is 5.72 Å². The number of hydrogen-bond donors (Lipinski definition) is 0. The third-order valence-electron chi connectivity index (χ3n) is 4.03. The standard InChI is InChI=1S/C20H22BN2/c1-20(2,3)23-15-14-22-19(23)21-18(16-10-6-4-7-11-16)17-12-8-5-9-13-17/h4-15,18H,1-3H3. The van der Waals surface area contributed by atoms with E-state index in [-0.39, 0.29) is 11.4 Å². The Labute approximate surface area is 139 Å². The van der Waals surface area contributed by atoms with Gasteiger partial charge in [-0.2, -0.15) is 0 Å². The van der Waals surface area contributed by atoms with Gasteiger partial charge in [0.05, 0.1) is 5.72 Å². The fourth-order valence-corrected chi connectivity index (χ4v) is 2.86. The van der Waals surface area contributed by atoms with E-state index in [4.69, 9.17) is 0 Å². The van der Waals surface area contributed by atoms with Gasteiger partial charge in [-0.1, -0.05) is 60.7 Å². The Bertz CT molecular complexity index is 703. The van der Waals surface area contributed by atoms with Crippen molar-refractivity contribution in [3.63, 3.8) is 0 Å². The normalized spacial score (nSPS) is 11.7. The molecule has 1 heterocycles. The zero-order valence-corrected chi connectivity index (χ0v) is 14.0. The zero-order chi connectivity index (χ0) is 16.3. The van der Waals surface area contributed by atoms with Crippen LogP contribution in [0.3, 0.4) is 0 Å². The molecule has 0 aliphatic heterocycles. The molecule has 3 aromatic rings. The van der Waals surface area contributed by atoms with E-state index in [1.807, 2.05) is 6.20 Å². The first-order valence-corrected chi connectivity index (χ1v) is 8.04. The molecule has 0 fully saturated rings. The Morgan fingerprint density at radius 1 is 0.870 bits per heavy atom. The van der Waals surface area contributed by atoms with Crippen molar-refractivity contribution >= 4 is 13.0 Å². The van der Waals surface area contributed by atoms with Gasteiger partial charge in [0.2, 0.25) is 7.28 Å². The molecular weight excluding hydrogens is 279 g/mol. The molecule has 1 aromatic heterocycles. The molecule has 23 heavy (non-hydrogen) atoms. The van der Waals surface area contributed by atoms with Crippen molar-refractivity contribution in [1.29, 1.82) is 0 Å². The molecule has 3 rings (SSSR count). The van der Waals surface area contributed by atoms with Crippen LogP contribution in [0.2, 0.25) is 0 Å². The van der Waals surface area contributed by atoms with Gasteiger partial charge in [-0.25, -0.2) is 0 Å². The van der Waals surface area contributed by atoms with Crippen LogP contribution < -0.4 is 5.72 Å². The molecule has 0 atom stereocenters. The lowest BCUT2D eigenvalue weighted by Crippen LogP contribution is -2.38. The lowest BCUT2D eigenvalue weighted by molar-refractivity contribution is 0.405. The fourth-order valence-electron chi connectivity index (χ4n) is 2.86. The van der Waals surface area contributed by atoms with E-state index in [1.165, 1.54) is 11.1 Å². The fraction of sp³-hybridized carbons (Fsp3) is 0.250. The van der Waals surface area contributed by atoms with E-state index in [1.54, 1.807) is 0 Å². The van der Waals surface area contributed by atoms with E-state index in [9.17, 15) is 0 Å². The second kappa shape index (κ2) is 6.45. The number of imidazole rings is 1. The van der Waals surface area contributed by atoms with Gasteiger partial charge in [0, 0.05) is 17.9 Å². The first-order valence-electron chi connectivity index (χ1n) is 8.04. The zero-order valence-electron chi connectivity index (χ0n) is 14.0. The summed E-state index contributed by atoms with van der Waals surface area (Å²) in [5, 5.41) is 0. The highest BCUT2D eigenvalue weighted by atomic mass is 15.1. The summed E-state index contributed by atoms with van der Waals surface area (Å²) in [6.07, 6.45) is 3.93. The molecule has 1 radical (unpaired) electrons. The van der Waals surface area contributed by atoms with Crippen LogP contribution in [0.4, 0.5) is 0 Å². The Morgan fingerprint density at radius 2 is 1.39 bits per heavy atom. The van der Waals surface area contributed by atoms with Crippen LogP contribution in [0.15, 0.2) is 73.1 Å². The van der Waals surface area contributed by atoms with Crippen molar-refractivity contribution in [1.82, 2.24) is 9.55 Å². The van der Waals surface area contributed by atoms with Crippen molar-refractivity contribution in [2.24, 2.45) is 0 Å². The van der Waals surface area contributed by atoms with E-state index in [0.29, 0.717) is 0 Å². The molecule has 0 aliphatic rings. The van der Waals surface area contributed by atoms with Crippen LogP contribution >= 0.6 is 0 Å². The summed E-state index contributed by atoms with van der Waals surface area (Å²) in [5.74, 6) is 0.195. The third kappa shape index (κ3) is 3.56. The predicted molar refractivity (Wildman–Crippen MR) is 97.3 cm³/mol. The molecule has 0 saturated heterocycles. The molecule has 0 saturated carbocycles. The summed E-state index contributed by atoms with van der Waals surface area (Å²) < 4.78 is 2.23. The van der Waals surface area contributed by atoms with Crippen LogP contribution in [0, 0.1) is 0 Å². The monoisotopic (exact) mass is 301 g/mol. The van der Waals surface area contributed by atoms with E-state index < -0.39 is 0 Å². The molecule has 3 heteroatoms. The average molecular weight is 301 g/mol. The molecule has 0 spiro atoms. The minimum absolute atomic E-state index is 0.0141. The summed E-state index contributed by atoms with van der Waals surface area (Å²) in [6, 6.07) is 21.2. The molecular formula is C20H22BN2. The van der Waals surface area contributed by atoms with Gasteiger partial charge in [0.1, 0.15) is 0 Å². The highest BCUT2D eigenvalue weighted by Gasteiger charge is 2.22. The van der Waals surface area contributed by atoms with Gasteiger partial charge in [-0.15, -0.1) is 0 Å². The number of benzene rings is 2. The number of nitrogens with zero attached hydrogens (tertiary/aromatic N) is 2. The number of hydrogen-bond acceptors (Lipinski definition) is 1. The van der Waals surface area contributed by atoms with Gasteiger partial charge in [-0.05, 0) is 37.7 Å². The van der Waals surface area contributed by atoms with Gasteiger partial charge < -0.3 is 4.57 Å². The van der Waals surface area contributed by atoms with Crippen molar-refractivity contribution < 1.29 is 0 Å². The van der Waals surface area contributed by atoms with Gasteiger partial charge in [0.25, 0.3) is 0 Å². The molecule has 0 amide bonds. The maximum Gasteiger partial charge on any atom is 0.215 e. The summed E-state index contributed by atoms with van der Waals surface area (Å²) in [4.78, 5) is 4.58. The highest BCUT2D eigenvalue weighted by Crippen LogP contribution is 2.23. The molecule has 0 bridgehead atoms. The SMILES string of the molecule is CC(C)(C)n1ccnc1[B]C(c1ccccc1)c1ccccc1. The Hall–Kier alpha value is -2.29.